The Balaban J connectivity index is 2.04. The average Bonchev–Trinajstić information content (AvgIpc) is 2.72. The first-order valence-electron chi connectivity index (χ1n) is 9.29. The second-order valence-corrected chi connectivity index (χ2v) is 8.84. The van der Waals surface area contributed by atoms with Gasteiger partial charge in [-0.2, -0.15) is 0 Å². The molecule has 0 saturated heterocycles. The van der Waals surface area contributed by atoms with E-state index >= 15 is 0 Å². The number of sulfonamides is 1. The lowest BCUT2D eigenvalue weighted by atomic mass is 10.1. The fourth-order valence-electron chi connectivity index (χ4n) is 2.77. The summed E-state index contributed by atoms with van der Waals surface area (Å²) >= 11 is 0. The Morgan fingerprint density at radius 2 is 1.60 bits per heavy atom. The van der Waals surface area contributed by atoms with Crippen molar-refractivity contribution in [3.8, 4) is 17.2 Å². The molecule has 0 bridgehead atoms. The Bertz CT molecular complexity index is 975. The highest BCUT2D eigenvalue weighted by atomic mass is 32.2. The van der Waals surface area contributed by atoms with Gasteiger partial charge in [0.15, 0.2) is 6.10 Å². The number of hydrogen-bond donors (Lipinski definition) is 1. The van der Waals surface area contributed by atoms with Crippen molar-refractivity contribution in [1.82, 2.24) is 5.32 Å². The summed E-state index contributed by atoms with van der Waals surface area (Å²) in [4.78, 5) is 12.6. The third kappa shape index (κ3) is 5.79. The zero-order valence-electron chi connectivity index (χ0n) is 18.0. The molecule has 0 aliphatic heterocycles. The maximum Gasteiger partial charge on any atom is 0.261 e. The molecule has 0 heterocycles. The molecule has 2 atom stereocenters. The molecule has 30 heavy (non-hydrogen) atoms. The van der Waals surface area contributed by atoms with Crippen LogP contribution < -0.4 is 23.8 Å². The molecular weight excluding hydrogens is 408 g/mol. The zero-order chi connectivity index (χ0) is 22.5. The molecule has 0 aliphatic carbocycles. The van der Waals surface area contributed by atoms with Crippen LogP contribution in [0.15, 0.2) is 42.5 Å². The first-order chi connectivity index (χ1) is 14.1. The average molecular weight is 437 g/mol. The summed E-state index contributed by atoms with van der Waals surface area (Å²) in [5.41, 5.74) is 1.28. The molecule has 1 amide bonds. The maximum absolute atomic E-state index is 12.6. The Labute approximate surface area is 177 Å². The second kappa shape index (κ2) is 9.71. The Hall–Kier alpha value is -2.94. The van der Waals surface area contributed by atoms with E-state index in [1.807, 2.05) is 13.0 Å². The lowest BCUT2D eigenvalue weighted by Crippen LogP contribution is -2.37. The summed E-state index contributed by atoms with van der Waals surface area (Å²) in [6, 6.07) is 11.5. The minimum absolute atomic E-state index is 0.301. The first-order valence-corrected chi connectivity index (χ1v) is 11.1. The molecule has 0 fully saturated rings. The molecule has 9 heteroatoms. The van der Waals surface area contributed by atoms with Crippen LogP contribution in [0.2, 0.25) is 0 Å². The predicted octanol–water partition coefficient (Wildman–Crippen LogP) is 2.74. The summed E-state index contributed by atoms with van der Waals surface area (Å²) in [5, 5.41) is 2.90. The Morgan fingerprint density at radius 3 is 2.13 bits per heavy atom. The van der Waals surface area contributed by atoms with Gasteiger partial charge < -0.3 is 19.5 Å². The number of benzene rings is 2. The number of carbonyl (C=O) groups excluding carboxylic acids is 1. The third-order valence-electron chi connectivity index (χ3n) is 4.64. The Kier molecular flexibility index (Phi) is 7.55. The molecule has 0 radical (unpaired) electrons. The largest absolute Gasteiger partial charge is 0.497 e. The molecule has 2 aromatic rings. The highest BCUT2D eigenvalue weighted by Gasteiger charge is 2.20. The topological polar surface area (TPSA) is 94.2 Å². The number of amides is 1. The molecule has 0 unspecified atom stereocenters. The van der Waals surface area contributed by atoms with Gasteiger partial charge in [0, 0.05) is 12.6 Å². The predicted molar refractivity (Wildman–Crippen MR) is 116 cm³/mol. The number of hydrogen-bond acceptors (Lipinski definition) is 6. The van der Waals surface area contributed by atoms with Crippen molar-refractivity contribution in [3.05, 3.63) is 48.0 Å². The van der Waals surface area contributed by atoms with E-state index < -0.39 is 16.1 Å². The van der Waals surface area contributed by atoms with Crippen LogP contribution in [0.3, 0.4) is 0 Å². The highest BCUT2D eigenvalue weighted by molar-refractivity contribution is 7.92. The second-order valence-electron chi connectivity index (χ2n) is 6.82. The fraction of sp³-hybridized carbons (Fsp3) is 0.381. The van der Waals surface area contributed by atoms with Gasteiger partial charge in [-0.3, -0.25) is 9.10 Å². The van der Waals surface area contributed by atoms with Gasteiger partial charge in [-0.15, -0.1) is 0 Å². The molecule has 2 rings (SSSR count). The van der Waals surface area contributed by atoms with Gasteiger partial charge >= 0.3 is 0 Å². The van der Waals surface area contributed by atoms with Gasteiger partial charge in [0.05, 0.1) is 32.2 Å². The van der Waals surface area contributed by atoms with Crippen molar-refractivity contribution in [2.45, 2.75) is 26.0 Å². The van der Waals surface area contributed by atoms with Crippen LogP contribution >= 0.6 is 0 Å². The van der Waals surface area contributed by atoms with Crippen molar-refractivity contribution in [2.24, 2.45) is 0 Å². The number of nitrogens with one attached hydrogen (secondary N) is 1. The van der Waals surface area contributed by atoms with E-state index in [1.54, 1.807) is 57.5 Å². The molecule has 1 N–H and O–H groups in total. The van der Waals surface area contributed by atoms with Gasteiger partial charge in [0.2, 0.25) is 10.0 Å². The zero-order valence-corrected chi connectivity index (χ0v) is 18.8. The van der Waals surface area contributed by atoms with E-state index in [2.05, 4.69) is 5.32 Å². The summed E-state index contributed by atoms with van der Waals surface area (Å²) in [6.45, 7) is 3.49. The molecule has 8 nitrogen and oxygen atoms in total. The number of carbonyl (C=O) groups is 1. The van der Waals surface area contributed by atoms with Gasteiger partial charge in [-0.25, -0.2) is 8.42 Å². The van der Waals surface area contributed by atoms with Crippen molar-refractivity contribution < 1.29 is 27.4 Å². The van der Waals surface area contributed by atoms with E-state index in [4.69, 9.17) is 14.2 Å². The summed E-state index contributed by atoms with van der Waals surface area (Å²) in [5.74, 6) is 1.46. The molecule has 164 valence electrons. The molecular formula is C21H28N2O6S. The molecule has 0 aromatic heterocycles. The number of anilines is 1. The van der Waals surface area contributed by atoms with E-state index in [9.17, 15) is 13.2 Å². The SMILES string of the molecule is COc1ccc(OC)c([C@H](C)NC(=O)[C@@H](C)Oc2ccc(N(C)S(C)(=O)=O)cc2)c1. The quantitative estimate of drug-likeness (QED) is 0.650. The molecule has 2 aromatic carbocycles. The maximum atomic E-state index is 12.6. The third-order valence-corrected chi connectivity index (χ3v) is 5.85. The van der Waals surface area contributed by atoms with Crippen molar-refractivity contribution >= 4 is 21.6 Å². The summed E-state index contributed by atoms with van der Waals surface area (Å²) in [6.07, 6.45) is 0.366. The first kappa shape index (κ1) is 23.3. The van der Waals surface area contributed by atoms with Gasteiger partial charge in [0.1, 0.15) is 17.2 Å². The standard InChI is InChI=1S/C21H28N2O6S/c1-14(19-13-18(27-4)11-12-20(19)28-5)22-21(24)15(2)29-17-9-7-16(8-10-17)23(3)30(6,25)26/h7-15H,1-6H3,(H,22,24)/t14-,15+/m0/s1. The minimum atomic E-state index is -3.35. The smallest absolute Gasteiger partial charge is 0.261 e. The van der Waals surface area contributed by atoms with Crippen LogP contribution in [0.25, 0.3) is 0 Å². The van der Waals surface area contributed by atoms with Crippen LogP contribution in [0.4, 0.5) is 5.69 Å². The Morgan fingerprint density at radius 1 is 1.00 bits per heavy atom. The number of nitrogens with zero attached hydrogens (tertiary/aromatic N) is 1. The van der Waals surface area contributed by atoms with Gasteiger partial charge in [0.25, 0.3) is 5.91 Å². The van der Waals surface area contributed by atoms with Crippen molar-refractivity contribution in [1.29, 1.82) is 0 Å². The minimum Gasteiger partial charge on any atom is -0.497 e. The monoisotopic (exact) mass is 436 g/mol. The van der Waals surface area contributed by atoms with Crippen LogP contribution in [0.1, 0.15) is 25.5 Å². The lowest BCUT2D eigenvalue weighted by Gasteiger charge is -2.21. The molecule has 0 saturated carbocycles. The molecule has 0 spiro atoms. The van der Waals surface area contributed by atoms with E-state index in [-0.39, 0.29) is 11.9 Å². The van der Waals surface area contributed by atoms with Crippen molar-refractivity contribution in [3.63, 3.8) is 0 Å². The van der Waals surface area contributed by atoms with E-state index in [0.29, 0.717) is 22.9 Å². The van der Waals surface area contributed by atoms with Gasteiger partial charge in [-0.1, -0.05) is 0 Å². The number of methoxy groups -OCH3 is 2. The lowest BCUT2D eigenvalue weighted by molar-refractivity contribution is -0.127. The summed E-state index contributed by atoms with van der Waals surface area (Å²) < 4.78 is 40.7. The van der Waals surface area contributed by atoms with Crippen LogP contribution in [0, 0.1) is 0 Å². The van der Waals surface area contributed by atoms with Gasteiger partial charge in [-0.05, 0) is 56.3 Å². The fourth-order valence-corrected chi connectivity index (χ4v) is 3.27. The van der Waals surface area contributed by atoms with Crippen LogP contribution in [-0.4, -0.2) is 48.0 Å². The number of ether oxygens (including phenoxy) is 3. The van der Waals surface area contributed by atoms with E-state index in [0.717, 1.165) is 16.1 Å². The van der Waals surface area contributed by atoms with Crippen molar-refractivity contribution in [2.75, 3.05) is 31.8 Å². The van der Waals surface area contributed by atoms with Crippen LogP contribution in [0.5, 0.6) is 17.2 Å². The highest BCUT2D eigenvalue weighted by Crippen LogP contribution is 2.29. The number of rotatable bonds is 9. The van der Waals surface area contributed by atoms with Crippen LogP contribution in [-0.2, 0) is 14.8 Å². The summed E-state index contributed by atoms with van der Waals surface area (Å²) in [7, 11) is 1.26. The van der Waals surface area contributed by atoms with E-state index in [1.165, 1.54) is 7.05 Å². The molecule has 0 aliphatic rings. The normalized spacial score (nSPS) is 13.1.